The molecule has 1 aromatic rings. The van der Waals surface area contributed by atoms with Crippen molar-refractivity contribution >= 4 is 17.7 Å². The fourth-order valence-electron chi connectivity index (χ4n) is 2.12. The number of carbonyl (C=O) groups is 1. The summed E-state index contributed by atoms with van der Waals surface area (Å²) in [6.07, 6.45) is 2.12. The molecule has 1 aromatic carbocycles. The first-order valence-electron chi connectivity index (χ1n) is 6.34. The molecule has 3 N–H and O–H groups in total. The zero-order chi connectivity index (χ0) is 13.0. The molecule has 0 spiro atoms. The maximum atomic E-state index is 12.1. The maximum absolute atomic E-state index is 12.1. The molecule has 1 amide bonds. The molecular formula is C14H20N2OS. The van der Waals surface area contributed by atoms with Gasteiger partial charge in [0.05, 0.1) is 4.75 Å². The average Bonchev–Trinajstić information content (AvgIpc) is 2.85. The highest BCUT2D eigenvalue weighted by Crippen LogP contribution is 2.37. The maximum Gasteiger partial charge on any atom is 0.236 e. The minimum Gasteiger partial charge on any atom is -0.351 e. The second-order valence-electron chi connectivity index (χ2n) is 4.89. The lowest BCUT2D eigenvalue weighted by Crippen LogP contribution is -2.39. The van der Waals surface area contributed by atoms with Crippen LogP contribution in [0.1, 0.15) is 30.9 Å². The van der Waals surface area contributed by atoms with Gasteiger partial charge in [0, 0.05) is 13.1 Å². The molecule has 1 fully saturated rings. The lowest BCUT2D eigenvalue weighted by atomic mass is 10.0. The van der Waals surface area contributed by atoms with Crippen molar-refractivity contribution in [3.63, 3.8) is 0 Å². The van der Waals surface area contributed by atoms with Crippen LogP contribution in [0.25, 0.3) is 0 Å². The fraction of sp³-hybridized carbons (Fsp3) is 0.500. The van der Waals surface area contributed by atoms with Crippen LogP contribution in [0.2, 0.25) is 0 Å². The third-order valence-corrected chi connectivity index (χ3v) is 4.93. The van der Waals surface area contributed by atoms with Gasteiger partial charge in [0.2, 0.25) is 5.91 Å². The van der Waals surface area contributed by atoms with Gasteiger partial charge < -0.3 is 11.1 Å². The molecule has 1 heterocycles. The summed E-state index contributed by atoms with van der Waals surface area (Å²) < 4.78 is -0.225. The lowest BCUT2D eigenvalue weighted by Gasteiger charge is -2.21. The standard InChI is InChI=1S/C14H20N2OS/c1-14(7-2-8-18-14)13(17)16-10-12-5-3-11(9-15)4-6-12/h3-6H,2,7-10,15H2,1H3,(H,16,17). The number of nitrogens with one attached hydrogen (secondary N) is 1. The van der Waals surface area contributed by atoms with Gasteiger partial charge in [-0.25, -0.2) is 0 Å². The Kier molecular flexibility index (Phi) is 4.30. The quantitative estimate of drug-likeness (QED) is 0.875. The molecule has 0 radical (unpaired) electrons. The average molecular weight is 264 g/mol. The van der Waals surface area contributed by atoms with Crippen LogP contribution < -0.4 is 11.1 Å². The van der Waals surface area contributed by atoms with Crippen LogP contribution >= 0.6 is 11.8 Å². The summed E-state index contributed by atoms with van der Waals surface area (Å²) in [6, 6.07) is 8.06. The molecule has 1 unspecified atom stereocenters. The highest BCUT2D eigenvalue weighted by molar-refractivity contribution is 8.01. The van der Waals surface area contributed by atoms with Crippen molar-refractivity contribution in [1.29, 1.82) is 0 Å². The van der Waals surface area contributed by atoms with Gasteiger partial charge >= 0.3 is 0 Å². The van der Waals surface area contributed by atoms with E-state index in [-0.39, 0.29) is 10.7 Å². The Bertz CT molecular complexity index is 410. The van der Waals surface area contributed by atoms with Crippen LogP contribution in [-0.4, -0.2) is 16.4 Å². The Morgan fingerprint density at radius 3 is 2.61 bits per heavy atom. The van der Waals surface area contributed by atoms with Gasteiger partial charge in [-0.1, -0.05) is 24.3 Å². The van der Waals surface area contributed by atoms with Crippen molar-refractivity contribution in [1.82, 2.24) is 5.32 Å². The van der Waals surface area contributed by atoms with E-state index in [0.717, 1.165) is 29.7 Å². The topological polar surface area (TPSA) is 55.1 Å². The lowest BCUT2D eigenvalue weighted by molar-refractivity contribution is -0.123. The molecule has 1 atom stereocenters. The molecule has 1 aliphatic rings. The van der Waals surface area contributed by atoms with Crippen LogP contribution in [0.15, 0.2) is 24.3 Å². The predicted octanol–water partition coefficient (Wildman–Crippen LogP) is 2.05. The Morgan fingerprint density at radius 2 is 2.06 bits per heavy atom. The van der Waals surface area contributed by atoms with Crippen molar-refractivity contribution in [3.8, 4) is 0 Å². The van der Waals surface area contributed by atoms with Gasteiger partial charge in [-0.05, 0) is 36.6 Å². The summed E-state index contributed by atoms with van der Waals surface area (Å²) in [4.78, 5) is 12.1. The molecule has 0 bridgehead atoms. The monoisotopic (exact) mass is 264 g/mol. The van der Waals surface area contributed by atoms with Gasteiger partial charge in [0.25, 0.3) is 0 Å². The summed E-state index contributed by atoms with van der Waals surface area (Å²) in [5, 5.41) is 3.03. The number of amides is 1. The first-order valence-corrected chi connectivity index (χ1v) is 7.33. The van der Waals surface area contributed by atoms with Crippen molar-refractivity contribution in [2.45, 2.75) is 37.6 Å². The van der Waals surface area contributed by atoms with Crippen molar-refractivity contribution in [2.75, 3.05) is 5.75 Å². The minimum atomic E-state index is -0.225. The van der Waals surface area contributed by atoms with E-state index in [1.807, 2.05) is 31.2 Å². The summed E-state index contributed by atoms with van der Waals surface area (Å²) in [5.74, 6) is 1.25. The van der Waals surface area contributed by atoms with Crippen LogP contribution in [0, 0.1) is 0 Å². The molecule has 0 aromatic heterocycles. The van der Waals surface area contributed by atoms with Gasteiger partial charge in [-0.2, -0.15) is 0 Å². The number of benzene rings is 1. The van der Waals surface area contributed by atoms with E-state index < -0.39 is 0 Å². The van der Waals surface area contributed by atoms with Gasteiger partial charge in [-0.15, -0.1) is 11.8 Å². The normalized spacial score (nSPS) is 23.0. The molecular weight excluding hydrogens is 244 g/mol. The van der Waals surface area contributed by atoms with Gasteiger partial charge in [0.15, 0.2) is 0 Å². The second kappa shape index (κ2) is 5.76. The Hall–Kier alpha value is -1.00. The SMILES string of the molecule is CC1(C(=O)NCc2ccc(CN)cc2)CCCS1. The third kappa shape index (κ3) is 3.06. The molecule has 0 saturated carbocycles. The highest BCUT2D eigenvalue weighted by Gasteiger charge is 2.36. The van der Waals surface area contributed by atoms with E-state index in [0.29, 0.717) is 13.1 Å². The predicted molar refractivity (Wildman–Crippen MR) is 76.3 cm³/mol. The van der Waals surface area contributed by atoms with E-state index in [4.69, 9.17) is 5.73 Å². The first kappa shape index (κ1) is 13.4. The molecule has 2 rings (SSSR count). The van der Waals surface area contributed by atoms with Gasteiger partial charge in [0.1, 0.15) is 0 Å². The Labute approximate surface area is 113 Å². The largest absolute Gasteiger partial charge is 0.351 e. The van der Waals surface area contributed by atoms with Crippen LogP contribution in [0.3, 0.4) is 0 Å². The Morgan fingerprint density at radius 1 is 1.39 bits per heavy atom. The molecule has 18 heavy (non-hydrogen) atoms. The molecule has 98 valence electrons. The van der Waals surface area contributed by atoms with E-state index in [1.165, 1.54) is 0 Å². The number of rotatable bonds is 4. The summed E-state index contributed by atoms with van der Waals surface area (Å²) in [7, 11) is 0. The zero-order valence-corrected chi connectivity index (χ0v) is 11.6. The molecule has 0 aliphatic carbocycles. The van der Waals surface area contributed by atoms with Crippen LogP contribution in [-0.2, 0) is 17.9 Å². The van der Waals surface area contributed by atoms with E-state index in [1.54, 1.807) is 11.8 Å². The van der Waals surface area contributed by atoms with E-state index in [2.05, 4.69) is 5.32 Å². The summed E-state index contributed by atoms with van der Waals surface area (Å²) in [6.45, 7) is 3.19. The number of hydrogen-bond acceptors (Lipinski definition) is 3. The highest BCUT2D eigenvalue weighted by atomic mass is 32.2. The van der Waals surface area contributed by atoms with E-state index >= 15 is 0 Å². The smallest absolute Gasteiger partial charge is 0.236 e. The fourth-order valence-corrected chi connectivity index (χ4v) is 3.35. The van der Waals surface area contributed by atoms with Crippen LogP contribution in [0.4, 0.5) is 0 Å². The van der Waals surface area contributed by atoms with Crippen LogP contribution in [0.5, 0.6) is 0 Å². The molecule has 4 heteroatoms. The number of thioether (sulfide) groups is 1. The Balaban J connectivity index is 1.88. The number of hydrogen-bond donors (Lipinski definition) is 2. The van der Waals surface area contributed by atoms with Gasteiger partial charge in [-0.3, -0.25) is 4.79 Å². The number of carbonyl (C=O) groups excluding carboxylic acids is 1. The first-order chi connectivity index (χ1) is 8.64. The minimum absolute atomic E-state index is 0.160. The second-order valence-corrected chi connectivity index (χ2v) is 6.48. The third-order valence-electron chi connectivity index (χ3n) is 3.41. The zero-order valence-electron chi connectivity index (χ0n) is 10.7. The number of nitrogens with two attached hydrogens (primary N) is 1. The van der Waals surface area contributed by atoms with Crippen molar-refractivity contribution in [3.05, 3.63) is 35.4 Å². The summed E-state index contributed by atoms with van der Waals surface area (Å²) >= 11 is 1.77. The van der Waals surface area contributed by atoms with Crippen molar-refractivity contribution in [2.24, 2.45) is 5.73 Å². The van der Waals surface area contributed by atoms with E-state index in [9.17, 15) is 4.79 Å². The molecule has 1 aliphatic heterocycles. The summed E-state index contributed by atoms with van der Waals surface area (Å²) in [5.41, 5.74) is 7.78. The molecule has 3 nitrogen and oxygen atoms in total. The van der Waals surface area contributed by atoms with Crippen molar-refractivity contribution < 1.29 is 4.79 Å². The molecule has 1 saturated heterocycles.